The van der Waals surface area contributed by atoms with Crippen molar-refractivity contribution in [2.45, 2.75) is 51.3 Å². The van der Waals surface area contributed by atoms with Gasteiger partial charge in [0.25, 0.3) is 5.91 Å². The van der Waals surface area contributed by atoms with Gasteiger partial charge in [-0.05, 0) is 85.6 Å². The van der Waals surface area contributed by atoms with Gasteiger partial charge in [0.15, 0.2) is 0 Å². The van der Waals surface area contributed by atoms with Crippen LogP contribution in [-0.4, -0.2) is 35.7 Å². The zero-order valence-electron chi connectivity index (χ0n) is 22.9. The third-order valence-corrected chi connectivity index (χ3v) is 8.56. The van der Waals surface area contributed by atoms with Crippen molar-refractivity contribution in [2.24, 2.45) is 11.8 Å². The average Bonchev–Trinajstić information content (AvgIpc) is 3.31. The summed E-state index contributed by atoms with van der Waals surface area (Å²) in [6.45, 7) is 3.34. The summed E-state index contributed by atoms with van der Waals surface area (Å²) >= 11 is 0. The minimum atomic E-state index is -0.524. The molecule has 2 fully saturated rings. The van der Waals surface area contributed by atoms with Gasteiger partial charge in [0.2, 0.25) is 11.8 Å². The molecule has 3 heterocycles. The highest BCUT2D eigenvalue weighted by molar-refractivity contribution is 6.03. The number of halogens is 1. The summed E-state index contributed by atoms with van der Waals surface area (Å²) in [6.07, 6.45) is 3.92. The maximum atomic E-state index is 13.2. The first-order chi connectivity index (χ1) is 19.9. The van der Waals surface area contributed by atoms with Crippen molar-refractivity contribution in [1.82, 2.24) is 15.5 Å². The Hall–Kier alpha value is -4.04. The Balaban J connectivity index is 1.03. The van der Waals surface area contributed by atoms with Crippen molar-refractivity contribution >= 4 is 17.7 Å². The maximum absolute atomic E-state index is 13.2. The van der Waals surface area contributed by atoms with Gasteiger partial charge in [0, 0.05) is 24.1 Å². The molecule has 0 radical (unpaired) electrons. The molecule has 0 bridgehead atoms. The molecule has 3 amide bonds. The standard InChI is InChI=1S/C33H34FN3O4/c34-25-10-8-21(9-11-25)18-22-14-16-37(17-15-22)19-23-4-6-24(7-5-23)20-41-28-3-1-2-26-30(28)31(36-32(26)39)27-12-13-29(38)35-33(27)40/h1-11,22,27,31H,12-20H2,(H,36,39)(H,35,38,40). The second kappa shape index (κ2) is 11.8. The lowest BCUT2D eigenvalue weighted by Crippen LogP contribution is -2.45. The highest BCUT2D eigenvalue weighted by Crippen LogP contribution is 2.40. The van der Waals surface area contributed by atoms with Crippen LogP contribution < -0.4 is 15.4 Å². The fourth-order valence-corrected chi connectivity index (χ4v) is 6.27. The fourth-order valence-electron chi connectivity index (χ4n) is 6.27. The van der Waals surface area contributed by atoms with Crippen LogP contribution in [-0.2, 0) is 29.2 Å². The highest BCUT2D eigenvalue weighted by Gasteiger charge is 2.42. The first-order valence-electron chi connectivity index (χ1n) is 14.4. The Morgan fingerprint density at radius 1 is 0.854 bits per heavy atom. The summed E-state index contributed by atoms with van der Waals surface area (Å²) in [7, 11) is 0. The van der Waals surface area contributed by atoms with Gasteiger partial charge in [-0.2, -0.15) is 0 Å². The molecule has 3 aliphatic rings. The summed E-state index contributed by atoms with van der Waals surface area (Å²) in [5.41, 5.74) is 4.66. The number of nitrogens with zero attached hydrogens (tertiary/aromatic N) is 1. The third-order valence-electron chi connectivity index (χ3n) is 8.56. The predicted molar refractivity (Wildman–Crippen MR) is 151 cm³/mol. The normalized spacial score (nSPS) is 21.3. The van der Waals surface area contributed by atoms with E-state index in [4.69, 9.17) is 4.74 Å². The highest BCUT2D eigenvalue weighted by atomic mass is 19.1. The molecule has 2 unspecified atom stereocenters. The number of likely N-dealkylation sites (tertiary alicyclic amines) is 1. The van der Waals surface area contributed by atoms with Gasteiger partial charge in [0.1, 0.15) is 18.2 Å². The van der Waals surface area contributed by atoms with E-state index in [-0.39, 0.29) is 30.0 Å². The molecule has 8 heteroatoms. The Labute approximate surface area is 239 Å². The number of hydrogen-bond acceptors (Lipinski definition) is 5. The van der Waals surface area contributed by atoms with E-state index < -0.39 is 12.0 Å². The van der Waals surface area contributed by atoms with Crippen LogP contribution in [0.4, 0.5) is 4.39 Å². The first-order valence-corrected chi connectivity index (χ1v) is 14.4. The van der Waals surface area contributed by atoms with Crippen molar-refractivity contribution in [3.05, 3.63) is 100 Å². The van der Waals surface area contributed by atoms with E-state index >= 15 is 0 Å². The summed E-state index contributed by atoms with van der Waals surface area (Å²) in [6, 6.07) is 20.1. The molecular weight excluding hydrogens is 521 g/mol. The summed E-state index contributed by atoms with van der Waals surface area (Å²) < 4.78 is 19.4. The lowest BCUT2D eigenvalue weighted by molar-refractivity contribution is -0.137. The van der Waals surface area contributed by atoms with Crippen molar-refractivity contribution in [3.8, 4) is 5.75 Å². The van der Waals surface area contributed by atoms with Crippen molar-refractivity contribution < 1.29 is 23.5 Å². The quantitative estimate of drug-likeness (QED) is 0.394. The average molecular weight is 556 g/mol. The second-order valence-corrected chi connectivity index (χ2v) is 11.4. The molecule has 0 saturated carbocycles. The van der Waals surface area contributed by atoms with Crippen LogP contribution in [0.2, 0.25) is 0 Å². The molecule has 2 N–H and O–H groups in total. The molecule has 0 aliphatic carbocycles. The molecule has 212 valence electrons. The lowest BCUT2D eigenvalue weighted by atomic mass is 9.86. The van der Waals surface area contributed by atoms with E-state index in [1.165, 1.54) is 11.1 Å². The predicted octanol–water partition coefficient (Wildman–Crippen LogP) is 4.70. The number of piperidine rings is 2. The van der Waals surface area contributed by atoms with Gasteiger partial charge in [-0.15, -0.1) is 0 Å². The van der Waals surface area contributed by atoms with E-state index in [0.29, 0.717) is 35.8 Å². The number of nitrogens with one attached hydrogen (secondary N) is 2. The number of rotatable bonds is 8. The number of amides is 3. The van der Waals surface area contributed by atoms with Crippen LogP contribution in [0, 0.1) is 17.7 Å². The molecule has 0 spiro atoms. The zero-order chi connectivity index (χ0) is 28.3. The van der Waals surface area contributed by atoms with Crippen LogP contribution in [0.25, 0.3) is 0 Å². The molecular formula is C33H34FN3O4. The molecule has 6 rings (SSSR count). The number of fused-ring (bicyclic) bond motifs is 1. The van der Waals surface area contributed by atoms with Crippen LogP contribution in [0.5, 0.6) is 5.75 Å². The Kier molecular flexibility index (Phi) is 7.83. The Bertz CT molecular complexity index is 1430. The van der Waals surface area contributed by atoms with Gasteiger partial charge in [-0.3, -0.25) is 24.6 Å². The van der Waals surface area contributed by atoms with Gasteiger partial charge >= 0.3 is 0 Å². The molecule has 2 atom stereocenters. The van der Waals surface area contributed by atoms with E-state index in [1.807, 2.05) is 18.2 Å². The SMILES string of the molecule is O=C1CCC(C2NC(=O)c3cccc(OCc4ccc(CN5CCC(Cc6ccc(F)cc6)CC5)cc4)c32)C(=O)N1. The third kappa shape index (κ3) is 6.17. The number of carbonyl (C=O) groups excluding carboxylic acids is 3. The largest absolute Gasteiger partial charge is 0.489 e. The van der Waals surface area contributed by atoms with Crippen LogP contribution in [0.1, 0.15) is 64.3 Å². The summed E-state index contributed by atoms with van der Waals surface area (Å²) in [5.74, 6) is -0.369. The van der Waals surface area contributed by atoms with E-state index in [1.54, 1.807) is 24.3 Å². The van der Waals surface area contributed by atoms with Crippen LogP contribution >= 0.6 is 0 Å². The van der Waals surface area contributed by atoms with Crippen molar-refractivity contribution in [1.29, 1.82) is 0 Å². The first kappa shape index (κ1) is 27.1. The van der Waals surface area contributed by atoms with E-state index in [9.17, 15) is 18.8 Å². The number of hydrogen-bond donors (Lipinski definition) is 2. The number of imide groups is 1. The summed E-state index contributed by atoms with van der Waals surface area (Å²) in [4.78, 5) is 39.3. The van der Waals surface area contributed by atoms with Gasteiger partial charge in [0.05, 0.1) is 12.0 Å². The lowest BCUT2D eigenvalue weighted by Gasteiger charge is -2.32. The maximum Gasteiger partial charge on any atom is 0.252 e. The molecule has 2 saturated heterocycles. The van der Waals surface area contributed by atoms with Crippen LogP contribution in [0.15, 0.2) is 66.7 Å². The van der Waals surface area contributed by atoms with Crippen molar-refractivity contribution in [3.63, 3.8) is 0 Å². The molecule has 3 aliphatic heterocycles. The van der Waals surface area contributed by atoms with Crippen molar-refractivity contribution in [2.75, 3.05) is 13.1 Å². The molecule has 7 nitrogen and oxygen atoms in total. The fraction of sp³-hybridized carbons (Fsp3) is 0.364. The summed E-state index contributed by atoms with van der Waals surface area (Å²) in [5, 5.41) is 5.32. The minimum Gasteiger partial charge on any atom is -0.489 e. The van der Waals surface area contributed by atoms with Gasteiger partial charge < -0.3 is 10.1 Å². The number of benzene rings is 3. The molecule has 3 aromatic carbocycles. The topological polar surface area (TPSA) is 87.7 Å². The monoisotopic (exact) mass is 555 g/mol. The molecule has 3 aromatic rings. The zero-order valence-corrected chi connectivity index (χ0v) is 22.9. The molecule has 41 heavy (non-hydrogen) atoms. The van der Waals surface area contributed by atoms with E-state index in [0.717, 1.165) is 44.5 Å². The smallest absolute Gasteiger partial charge is 0.252 e. The molecule has 0 aromatic heterocycles. The Morgan fingerprint density at radius 3 is 2.29 bits per heavy atom. The minimum absolute atomic E-state index is 0.183. The van der Waals surface area contributed by atoms with Gasteiger partial charge in [-0.25, -0.2) is 4.39 Å². The van der Waals surface area contributed by atoms with E-state index in [2.05, 4.69) is 39.8 Å². The van der Waals surface area contributed by atoms with Gasteiger partial charge in [-0.1, -0.05) is 42.5 Å². The number of ether oxygens (including phenoxy) is 1. The number of carbonyl (C=O) groups is 3. The van der Waals surface area contributed by atoms with Crippen LogP contribution in [0.3, 0.4) is 0 Å². The Morgan fingerprint density at radius 2 is 1.56 bits per heavy atom. The second-order valence-electron chi connectivity index (χ2n) is 11.4.